The van der Waals surface area contributed by atoms with Crippen LogP contribution in [0.3, 0.4) is 0 Å². The van der Waals surface area contributed by atoms with E-state index in [9.17, 15) is 0 Å². The zero-order valence-electron chi connectivity index (χ0n) is 12.2. The summed E-state index contributed by atoms with van der Waals surface area (Å²) < 4.78 is 11.4. The van der Waals surface area contributed by atoms with Crippen LogP contribution in [0.15, 0.2) is 27.5 Å². The second-order valence-electron chi connectivity index (χ2n) is 4.71. The average Bonchev–Trinajstić information content (AvgIpc) is 2.93. The summed E-state index contributed by atoms with van der Waals surface area (Å²) in [7, 11) is 1.69. The van der Waals surface area contributed by atoms with Gasteiger partial charge in [-0.3, -0.25) is 4.98 Å². The van der Waals surface area contributed by atoms with Crippen molar-refractivity contribution in [1.82, 2.24) is 20.4 Å². The van der Waals surface area contributed by atoms with E-state index < -0.39 is 0 Å². The van der Waals surface area contributed by atoms with Crippen LogP contribution in [0.5, 0.6) is 0 Å². The first-order valence-corrected chi connectivity index (χ1v) is 7.68. The number of rotatable bonds is 8. The van der Waals surface area contributed by atoms with Crippen LogP contribution in [-0.4, -0.2) is 41.4 Å². The molecule has 0 saturated carbocycles. The predicted octanol–water partition coefficient (Wildman–Crippen LogP) is 2.45. The molecule has 1 N–H and O–H groups in total. The van der Waals surface area contributed by atoms with Gasteiger partial charge in [0, 0.05) is 42.0 Å². The minimum atomic E-state index is 0.170. The summed E-state index contributed by atoms with van der Waals surface area (Å²) in [5, 5.41) is 7.41. The van der Waals surface area contributed by atoms with Crippen LogP contribution in [0.25, 0.3) is 11.4 Å². The van der Waals surface area contributed by atoms with Crippen molar-refractivity contribution in [1.29, 1.82) is 0 Å². The van der Waals surface area contributed by atoms with Crippen molar-refractivity contribution >= 4 is 15.9 Å². The zero-order chi connectivity index (χ0) is 15.1. The van der Waals surface area contributed by atoms with Gasteiger partial charge in [0.25, 0.3) is 0 Å². The summed E-state index contributed by atoms with van der Waals surface area (Å²) in [4.78, 5) is 8.52. The molecule has 0 fully saturated rings. The highest BCUT2D eigenvalue weighted by atomic mass is 79.9. The minimum absolute atomic E-state index is 0.170. The van der Waals surface area contributed by atoms with E-state index >= 15 is 0 Å². The predicted molar refractivity (Wildman–Crippen MR) is 82.9 cm³/mol. The maximum Gasteiger partial charge on any atom is 0.228 e. The first kappa shape index (κ1) is 16.1. The molecule has 7 heteroatoms. The molecule has 0 aliphatic carbocycles. The summed E-state index contributed by atoms with van der Waals surface area (Å²) >= 11 is 3.38. The van der Waals surface area contributed by atoms with E-state index in [4.69, 9.17) is 9.26 Å². The second kappa shape index (κ2) is 8.21. The molecule has 6 nitrogen and oxygen atoms in total. The number of methoxy groups -OCH3 is 1. The Kier molecular flexibility index (Phi) is 6.28. The van der Waals surface area contributed by atoms with E-state index in [1.807, 2.05) is 6.07 Å². The van der Waals surface area contributed by atoms with Crippen molar-refractivity contribution in [3.63, 3.8) is 0 Å². The normalized spacial score (nSPS) is 12.5. The number of hydrogen-bond donors (Lipinski definition) is 1. The van der Waals surface area contributed by atoms with Gasteiger partial charge in [-0.05, 0) is 35.0 Å². The van der Waals surface area contributed by atoms with Gasteiger partial charge in [0.05, 0.1) is 6.61 Å². The first-order chi connectivity index (χ1) is 10.2. The van der Waals surface area contributed by atoms with Gasteiger partial charge >= 0.3 is 0 Å². The second-order valence-corrected chi connectivity index (χ2v) is 5.63. The summed E-state index contributed by atoms with van der Waals surface area (Å²) in [6.45, 7) is 3.67. The van der Waals surface area contributed by atoms with Crippen LogP contribution in [0.2, 0.25) is 0 Å². The summed E-state index contributed by atoms with van der Waals surface area (Å²) in [6, 6.07) is 2.08. The van der Waals surface area contributed by atoms with E-state index in [-0.39, 0.29) is 6.04 Å². The zero-order valence-corrected chi connectivity index (χ0v) is 13.8. The van der Waals surface area contributed by atoms with Gasteiger partial charge in [-0.2, -0.15) is 4.98 Å². The Hall–Kier alpha value is -1.31. The molecule has 1 atom stereocenters. The molecule has 0 spiro atoms. The number of pyridine rings is 1. The van der Waals surface area contributed by atoms with Gasteiger partial charge in [-0.25, -0.2) is 0 Å². The minimum Gasteiger partial charge on any atom is -0.383 e. The van der Waals surface area contributed by atoms with E-state index in [2.05, 4.69) is 43.3 Å². The van der Waals surface area contributed by atoms with Gasteiger partial charge in [-0.1, -0.05) is 12.1 Å². The number of ether oxygens (including phenoxy) is 1. The molecule has 0 saturated heterocycles. The molecule has 0 radical (unpaired) electrons. The monoisotopic (exact) mass is 354 g/mol. The van der Waals surface area contributed by atoms with E-state index in [1.165, 1.54) is 0 Å². The quantitative estimate of drug-likeness (QED) is 0.784. The van der Waals surface area contributed by atoms with Crippen molar-refractivity contribution in [2.45, 2.75) is 25.8 Å². The number of aromatic nitrogens is 3. The highest BCUT2D eigenvalue weighted by Gasteiger charge is 2.15. The fraction of sp³-hybridized carbons (Fsp3) is 0.500. The molecule has 0 amide bonds. The Morgan fingerprint density at radius 3 is 3.00 bits per heavy atom. The van der Waals surface area contributed by atoms with Gasteiger partial charge in [0.1, 0.15) is 0 Å². The smallest absolute Gasteiger partial charge is 0.228 e. The van der Waals surface area contributed by atoms with Crippen LogP contribution in [0, 0.1) is 0 Å². The van der Waals surface area contributed by atoms with Gasteiger partial charge < -0.3 is 14.6 Å². The summed E-state index contributed by atoms with van der Waals surface area (Å²) in [6.07, 6.45) is 5.14. The Labute approximate surface area is 132 Å². The number of nitrogens with zero attached hydrogens (tertiary/aromatic N) is 3. The number of nitrogens with one attached hydrogen (secondary N) is 1. The Morgan fingerprint density at radius 2 is 2.29 bits per heavy atom. The molecule has 2 heterocycles. The lowest BCUT2D eigenvalue weighted by Crippen LogP contribution is -2.35. The van der Waals surface area contributed by atoms with Crippen LogP contribution in [-0.2, 0) is 11.2 Å². The maximum atomic E-state index is 5.32. The molecular weight excluding hydrogens is 336 g/mol. The molecular formula is C14H19BrN4O2. The average molecular weight is 355 g/mol. The molecule has 0 aliphatic heterocycles. The number of halogens is 1. The van der Waals surface area contributed by atoms with Crippen molar-refractivity contribution < 1.29 is 9.26 Å². The molecule has 0 aliphatic rings. The van der Waals surface area contributed by atoms with E-state index in [1.54, 1.807) is 19.5 Å². The summed E-state index contributed by atoms with van der Waals surface area (Å²) in [5.74, 6) is 1.14. The fourth-order valence-electron chi connectivity index (χ4n) is 1.94. The third kappa shape index (κ3) is 4.87. The molecule has 2 rings (SSSR count). The molecule has 0 bridgehead atoms. The van der Waals surface area contributed by atoms with Crippen molar-refractivity contribution in [2.24, 2.45) is 0 Å². The van der Waals surface area contributed by atoms with Gasteiger partial charge in [0.15, 0.2) is 0 Å². The molecule has 0 aromatic carbocycles. The molecule has 114 valence electrons. The largest absolute Gasteiger partial charge is 0.383 e. The SMILES string of the molecule is CCCNC(COC)Cc1nc(-c2cncc(Br)c2)no1. The van der Waals surface area contributed by atoms with Gasteiger partial charge in [0.2, 0.25) is 11.7 Å². The van der Waals surface area contributed by atoms with Crippen LogP contribution in [0.4, 0.5) is 0 Å². The molecule has 1 unspecified atom stereocenters. The summed E-state index contributed by atoms with van der Waals surface area (Å²) in [5.41, 5.74) is 0.823. The highest BCUT2D eigenvalue weighted by molar-refractivity contribution is 9.10. The van der Waals surface area contributed by atoms with E-state index in [0.717, 1.165) is 23.0 Å². The van der Waals surface area contributed by atoms with Crippen molar-refractivity contribution in [3.05, 3.63) is 28.8 Å². The molecule has 2 aromatic rings. The van der Waals surface area contributed by atoms with Crippen LogP contribution >= 0.6 is 15.9 Å². The third-order valence-electron chi connectivity index (χ3n) is 2.90. The van der Waals surface area contributed by atoms with Crippen molar-refractivity contribution in [2.75, 3.05) is 20.3 Å². The lowest BCUT2D eigenvalue weighted by atomic mass is 10.2. The van der Waals surface area contributed by atoms with Gasteiger partial charge in [-0.15, -0.1) is 0 Å². The van der Waals surface area contributed by atoms with Crippen LogP contribution < -0.4 is 5.32 Å². The lowest BCUT2D eigenvalue weighted by Gasteiger charge is -2.15. The molecule has 21 heavy (non-hydrogen) atoms. The highest BCUT2D eigenvalue weighted by Crippen LogP contribution is 2.19. The van der Waals surface area contributed by atoms with Crippen molar-refractivity contribution in [3.8, 4) is 11.4 Å². The lowest BCUT2D eigenvalue weighted by molar-refractivity contribution is 0.161. The standard InChI is InChI=1S/C14H19BrN4O2/c1-3-4-17-12(9-20-2)6-13-18-14(19-21-13)10-5-11(15)8-16-7-10/h5,7-8,12,17H,3-4,6,9H2,1-2H3. The third-order valence-corrected chi connectivity index (χ3v) is 3.34. The number of hydrogen-bond acceptors (Lipinski definition) is 6. The Morgan fingerprint density at radius 1 is 1.43 bits per heavy atom. The van der Waals surface area contributed by atoms with Crippen LogP contribution in [0.1, 0.15) is 19.2 Å². The van der Waals surface area contributed by atoms with E-state index in [0.29, 0.717) is 24.7 Å². The topological polar surface area (TPSA) is 73.1 Å². The Bertz CT molecular complexity index is 561. The fourth-order valence-corrected chi connectivity index (χ4v) is 2.30. The maximum absolute atomic E-state index is 5.32. The molecule has 2 aromatic heterocycles. The Balaban J connectivity index is 2.04. The first-order valence-electron chi connectivity index (χ1n) is 6.88.